The van der Waals surface area contributed by atoms with Crippen LogP contribution in [-0.4, -0.2) is 11.8 Å². The number of hydrogen-bond acceptors (Lipinski definition) is 0. The predicted molar refractivity (Wildman–Crippen MR) is 23.8 cm³/mol. The van der Waals surface area contributed by atoms with Crippen molar-refractivity contribution >= 4 is 11.6 Å². The van der Waals surface area contributed by atoms with Gasteiger partial charge in [-0.05, 0) is 6.42 Å². The lowest BCUT2D eigenvalue weighted by atomic mass is 10.5. The minimum Gasteiger partial charge on any atom is -0.210 e. The minimum absolute atomic E-state index is 0.236. The highest BCUT2D eigenvalue weighted by Gasteiger charge is 2.42. The van der Waals surface area contributed by atoms with Crippen molar-refractivity contribution in [2.75, 3.05) is 0 Å². The predicted octanol–water partition coefficient (Wildman–Crippen LogP) is 1.88. The summed E-state index contributed by atoms with van der Waals surface area (Å²) in [6.07, 6.45) is -1.69. The molecule has 0 saturated heterocycles. The average molecular weight is 127 g/mol. The maximum absolute atomic E-state index is 11.4. The van der Waals surface area contributed by atoms with Crippen LogP contribution in [-0.2, 0) is 0 Å². The van der Waals surface area contributed by atoms with E-state index in [-0.39, 0.29) is 5.38 Å². The molecule has 1 fully saturated rings. The molecule has 0 N–H and O–H groups in total. The van der Waals surface area contributed by atoms with Crippen LogP contribution in [0.2, 0.25) is 0 Å². The molecule has 2 atom stereocenters. The molecular formula is C4H5ClF2. The van der Waals surface area contributed by atoms with Gasteiger partial charge < -0.3 is 0 Å². The smallest absolute Gasteiger partial charge is 0.210 e. The van der Waals surface area contributed by atoms with E-state index in [0.29, 0.717) is 6.42 Å². The lowest BCUT2D eigenvalue weighted by molar-refractivity contribution is 0.123. The molecule has 0 heterocycles. The maximum Gasteiger partial charge on any atom is 0.242 e. The summed E-state index contributed by atoms with van der Waals surface area (Å²) in [5.74, 6) is -0.498. The van der Waals surface area contributed by atoms with Gasteiger partial charge in [0.25, 0.3) is 0 Å². The van der Waals surface area contributed by atoms with Gasteiger partial charge in [-0.25, -0.2) is 8.78 Å². The first-order valence-electron chi connectivity index (χ1n) is 2.14. The third-order valence-electron chi connectivity index (χ3n) is 1.08. The van der Waals surface area contributed by atoms with Crippen LogP contribution in [0.1, 0.15) is 6.42 Å². The third kappa shape index (κ3) is 1.03. The number of halogens is 3. The molecule has 7 heavy (non-hydrogen) atoms. The molecule has 0 aromatic heterocycles. The lowest BCUT2D eigenvalue weighted by Crippen LogP contribution is -1.93. The first-order chi connectivity index (χ1) is 3.22. The topological polar surface area (TPSA) is 0 Å². The van der Waals surface area contributed by atoms with Gasteiger partial charge >= 0.3 is 0 Å². The van der Waals surface area contributed by atoms with Gasteiger partial charge in [0.15, 0.2) is 0 Å². The van der Waals surface area contributed by atoms with E-state index in [0.717, 1.165) is 0 Å². The third-order valence-corrected chi connectivity index (χ3v) is 1.58. The van der Waals surface area contributed by atoms with Crippen molar-refractivity contribution in [2.24, 2.45) is 5.92 Å². The fourth-order valence-corrected chi connectivity index (χ4v) is 0.758. The fraction of sp³-hybridized carbons (Fsp3) is 1.00. The normalized spacial score (nSPS) is 39.4. The van der Waals surface area contributed by atoms with Crippen molar-refractivity contribution in [3.05, 3.63) is 0 Å². The summed E-state index contributed by atoms with van der Waals surface area (Å²) in [4.78, 5) is 0. The quantitative estimate of drug-likeness (QED) is 0.471. The summed E-state index contributed by atoms with van der Waals surface area (Å²) in [5, 5.41) is -0.236. The van der Waals surface area contributed by atoms with Crippen LogP contribution >= 0.6 is 11.6 Å². The zero-order valence-electron chi connectivity index (χ0n) is 3.57. The van der Waals surface area contributed by atoms with E-state index in [9.17, 15) is 8.78 Å². The molecule has 2 unspecified atom stereocenters. The highest BCUT2D eigenvalue weighted by molar-refractivity contribution is 6.22. The van der Waals surface area contributed by atoms with Crippen LogP contribution in [0.3, 0.4) is 0 Å². The number of rotatable bonds is 1. The molecule has 1 aliphatic carbocycles. The van der Waals surface area contributed by atoms with Gasteiger partial charge in [-0.3, -0.25) is 0 Å². The van der Waals surface area contributed by atoms with Gasteiger partial charge in [-0.2, -0.15) is 0 Å². The van der Waals surface area contributed by atoms with Gasteiger partial charge in [0.05, 0.1) is 0 Å². The Hall–Kier alpha value is 0.150. The van der Waals surface area contributed by atoms with E-state index in [1.165, 1.54) is 0 Å². The highest BCUT2D eigenvalue weighted by atomic mass is 35.5. The summed E-state index contributed by atoms with van der Waals surface area (Å²) in [5.41, 5.74) is 0. The zero-order valence-corrected chi connectivity index (χ0v) is 4.33. The Morgan fingerprint density at radius 3 is 2.00 bits per heavy atom. The van der Waals surface area contributed by atoms with Crippen LogP contribution in [0.4, 0.5) is 8.78 Å². The van der Waals surface area contributed by atoms with E-state index in [1.807, 2.05) is 0 Å². The minimum atomic E-state index is -2.19. The molecule has 0 nitrogen and oxygen atoms in total. The molecule has 0 aliphatic heterocycles. The molecule has 0 radical (unpaired) electrons. The fourth-order valence-electron chi connectivity index (χ4n) is 0.442. The molecule has 1 aliphatic rings. The molecule has 0 amide bonds. The molecule has 0 aromatic rings. The molecule has 3 heteroatoms. The van der Waals surface area contributed by atoms with Gasteiger partial charge in [0.1, 0.15) is 0 Å². The molecule has 1 rings (SSSR count). The van der Waals surface area contributed by atoms with Crippen LogP contribution in [0.25, 0.3) is 0 Å². The van der Waals surface area contributed by atoms with Crippen molar-refractivity contribution in [1.82, 2.24) is 0 Å². The monoisotopic (exact) mass is 126 g/mol. The van der Waals surface area contributed by atoms with Crippen LogP contribution in [0.15, 0.2) is 0 Å². The average Bonchev–Trinajstić information content (AvgIpc) is 2.17. The molecular weight excluding hydrogens is 121 g/mol. The van der Waals surface area contributed by atoms with E-state index < -0.39 is 12.3 Å². The van der Waals surface area contributed by atoms with E-state index in [1.54, 1.807) is 0 Å². The number of alkyl halides is 3. The Labute approximate surface area is 45.5 Å². The van der Waals surface area contributed by atoms with Gasteiger partial charge in [-0.1, -0.05) is 0 Å². The lowest BCUT2D eigenvalue weighted by Gasteiger charge is -1.87. The Balaban J connectivity index is 2.20. The second-order valence-electron chi connectivity index (χ2n) is 1.75. The highest BCUT2D eigenvalue weighted by Crippen LogP contribution is 2.40. The second kappa shape index (κ2) is 1.58. The Bertz CT molecular complexity index is 74.1. The van der Waals surface area contributed by atoms with Crippen molar-refractivity contribution in [3.8, 4) is 0 Å². The van der Waals surface area contributed by atoms with E-state index >= 15 is 0 Å². The van der Waals surface area contributed by atoms with Crippen molar-refractivity contribution in [2.45, 2.75) is 18.2 Å². The Morgan fingerprint density at radius 1 is 1.57 bits per heavy atom. The molecule has 42 valence electrons. The first kappa shape index (κ1) is 5.29. The zero-order chi connectivity index (χ0) is 5.44. The molecule has 1 saturated carbocycles. The van der Waals surface area contributed by atoms with Gasteiger partial charge in [0.2, 0.25) is 6.43 Å². The Kier molecular flexibility index (Phi) is 1.20. The van der Waals surface area contributed by atoms with E-state index in [2.05, 4.69) is 0 Å². The molecule has 0 bridgehead atoms. The van der Waals surface area contributed by atoms with Gasteiger partial charge in [-0.15, -0.1) is 11.6 Å². The van der Waals surface area contributed by atoms with Crippen molar-refractivity contribution < 1.29 is 8.78 Å². The van der Waals surface area contributed by atoms with Crippen molar-refractivity contribution in [3.63, 3.8) is 0 Å². The summed E-state index contributed by atoms with van der Waals surface area (Å²) >= 11 is 5.27. The second-order valence-corrected chi connectivity index (χ2v) is 2.31. The maximum atomic E-state index is 11.4. The Morgan fingerprint density at radius 2 is 2.00 bits per heavy atom. The van der Waals surface area contributed by atoms with Crippen LogP contribution in [0, 0.1) is 5.92 Å². The molecule has 0 aromatic carbocycles. The summed E-state index contributed by atoms with van der Waals surface area (Å²) < 4.78 is 22.8. The van der Waals surface area contributed by atoms with E-state index in [4.69, 9.17) is 11.6 Å². The standard InChI is InChI=1S/C4H5ClF2/c5-3-1-2(3)4(6)7/h2-4H,1H2. The summed E-state index contributed by atoms with van der Waals surface area (Å²) in [6, 6.07) is 0. The van der Waals surface area contributed by atoms with Crippen molar-refractivity contribution in [1.29, 1.82) is 0 Å². The SMILES string of the molecule is FC(F)C1CC1Cl. The molecule has 0 spiro atoms. The first-order valence-corrected chi connectivity index (χ1v) is 2.57. The van der Waals surface area contributed by atoms with Gasteiger partial charge in [0, 0.05) is 11.3 Å². The number of hydrogen-bond donors (Lipinski definition) is 0. The van der Waals surface area contributed by atoms with Crippen LogP contribution < -0.4 is 0 Å². The largest absolute Gasteiger partial charge is 0.242 e. The summed E-state index contributed by atoms with van der Waals surface area (Å²) in [7, 11) is 0. The summed E-state index contributed by atoms with van der Waals surface area (Å²) in [6.45, 7) is 0. The van der Waals surface area contributed by atoms with Crippen LogP contribution in [0.5, 0.6) is 0 Å².